The second kappa shape index (κ2) is 7.94. The standard InChI is InChI=1S/C16H25ClN4OS/c1-19(11-14-2-3-15(17)23-14)16(22)12-20-6-8-21(9-7-20)13-4-5-18-10-13/h2-3,13,18H,4-12H2,1H3. The average Bonchev–Trinajstić information content (AvgIpc) is 3.20. The van der Waals surface area contributed by atoms with Gasteiger partial charge in [0.15, 0.2) is 0 Å². The third kappa shape index (κ3) is 4.67. The van der Waals surface area contributed by atoms with Gasteiger partial charge in [0.25, 0.3) is 0 Å². The fourth-order valence-corrected chi connectivity index (χ4v) is 4.45. The Balaban J connectivity index is 1.41. The first-order chi connectivity index (χ1) is 11.1. The summed E-state index contributed by atoms with van der Waals surface area (Å²) in [6, 6.07) is 4.57. The lowest BCUT2D eigenvalue weighted by Crippen LogP contribution is -2.52. The molecule has 1 amide bonds. The Morgan fingerprint density at radius 1 is 1.39 bits per heavy atom. The van der Waals surface area contributed by atoms with Gasteiger partial charge in [-0.25, -0.2) is 0 Å². The van der Waals surface area contributed by atoms with Crippen LogP contribution in [-0.2, 0) is 11.3 Å². The summed E-state index contributed by atoms with van der Waals surface area (Å²) in [5, 5.41) is 3.43. The summed E-state index contributed by atoms with van der Waals surface area (Å²) in [5.74, 6) is 0.186. The SMILES string of the molecule is CN(Cc1ccc(Cl)s1)C(=O)CN1CCN(C2CCNC2)CC1. The van der Waals surface area contributed by atoms with Gasteiger partial charge in [-0.3, -0.25) is 14.6 Å². The van der Waals surface area contributed by atoms with E-state index in [1.807, 2.05) is 19.2 Å². The molecule has 2 saturated heterocycles. The van der Waals surface area contributed by atoms with Crippen molar-refractivity contribution in [1.82, 2.24) is 20.0 Å². The molecule has 0 aromatic carbocycles. The van der Waals surface area contributed by atoms with Crippen LogP contribution in [0, 0.1) is 0 Å². The molecule has 0 bridgehead atoms. The lowest BCUT2D eigenvalue weighted by Gasteiger charge is -2.37. The maximum absolute atomic E-state index is 12.4. The van der Waals surface area contributed by atoms with Crippen molar-refractivity contribution in [1.29, 1.82) is 0 Å². The van der Waals surface area contributed by atoms with Gasteiger partial charge >= 0.3 is 0 Å². The fraction of sp³-hybridized carbons (Fsp3) is 0.688. The third-order valence-electron chi connectivity index (χ3n) is 4.76. The number of rotatable bonds is 5. The van der Waals surface area contributed by atoms with Crippen LogP contribution in [0.5, 0.6) is 0 Å². The lowest BCUT2D eigenvalue weighted by molar-refractivity contribution is -0.132. The summed E-state index contributed by atoms with van der Waals surface area (Å²) in [4.78, 5) is 20.2. The fourth-order valence-electron chi connectivity index (χ4n) is 3.31. The van der Waals surface area contributed by atoms with E-state index < -0.39 is 0 Å². The number of piperazine rings is 1. The lowest BCUT2D eigenvalue weighted by atomic mass is 10.2. The van der Waals surface area contributed by atoms with Crippen molar-refractivity contribution >= 4 is 28.8 Å². The summed E-state index contributed by atoms with van der Waals surface area (Å²) in [6.07, 6.45) is 1.26. The molecular formula is C16H25ClN4OS. The first kappa shape index (κ1) is 17.2. The van der Waals surface area contributed by atoms with E-state index in [1.54, 1.807) is 4.90 Å². The van der Waals surface area contributed by atoms with Crippen LogP contribution in [0.25, 0.3) is 0 Å². The Morgan fingerprint density at radius 2 is 2.17 bits per heavy atom. The first-order valence-electron chi connectivity index (χ1n) is 8.27. The van der Waals surface area contributed by atoms with E-state index in [-0.39, 0.29) is 5.91 Å². The maximum atomic E-state index is 12.4. The molecule has 1 N–H and O–H groups in total. The number of likely N-dealkylation sites (N-methyl/N-ethyl adjacent to an activating group) is 1. The van der Waals surface area contributed by atoms with Crippen molar-refractivity contribution in [3.8, 4) is 0 Å². The van der Waals surface area contributed by atoms with Gasteiger partial charge in [0.2, 0.25) is 5.91 Å². The summed E-state index contributed by atoms with van der Waals surface area (Å²) in [7, 11) is 1.87. The van der Waals surface area contributed by atoms with Crippen molar-refractivity contribution in [2.24, 2.45) is 0 Å². The van der Waals surface area contributed by atoms with Gasteiger partial charge in [-0.2, -0.15) is 0 Å². The molecule has 0 saturated carbocycles. The van der Waals surface area contributed by atoms with Gasteiger partial charge in [0, 0.05) is 50.7 Å². The molecule has 0 spiro atoms. The Morgan fingerprint density at radius 3 is 2.78 bits per heavy atom. The van der Waals surface area contributed by atoms with E-state index in [4.69, 9.17) is 11.6 Å². The average molecular weight is 357 g/mol. The highest BCUT2D eigenvalue weighted by Gasteiger charge is 2.27. The molecule has 3 heterocycles. The highest BCUT2D eigenvalue weighted by atomic mass is 35.5. The molecule has 5 nitrogen and oxygen atoms in total. The van der Waals surface area contributed by atoms with E-state index in [0.29, 0.717) is 19.1 Å². The van der Waals surface area contributed by atoms with Gasteiger partial charge in [-0.05, 0) is 25.1 Å². The van der Waals surface area contributed by atoms with Crippen LogP contribution < -0.4 is 5.32 Å². The monoisotopic (exact) mass is 356 g/mol. The van der Waals surface area contributed by atoms with Crippen LogP contribution in [0.3, 0.4) is 0 Å². The molecule has 23 heavy (non-hydrogen) atoms. The molecule has 1 aromatic rings. The predicted octanol–water partition coefficient (Wildman–Crippen LogP) is 1.34. The Labute approximate surface area is 147 Å². The van der Waals surface area contributed by atoms with Gasteiger partial charge in [-0.1, -0.05) is 11.6 Å². The van der Waals surface area contributed by atoms with Crippen molar-refractivity contribution in [2.75, 3.05) is 52.9 Å². The largest absolute Gasteiger partial charge is 0.340 e. The second-order valence-electron chi connectivity index (χ2n) is 6.41. The molecule has 1 atom stereocenters. The van der Waals surface area contributed by atoms with E-state index in [9.17, 15) is 4.79 Å². The Kier molecular flexibility index (Phi) is 5.93. The van der Waals surface area contributed by atoms with Gasteiger partial charge < -0.3 is 10.2 Å². The molecule has 128 valence electrons. The van der Waals surface area contributed by atoms with Crippen molar-refractivity contribution in [2.45, 2.75) is 19.0 Å². The normalized spacial score (nSPS) is 23.3. The number of nitrogens with one attached hydrogen (secondary N) is 1. The number of hydrogen-bond donors (Lipinski definition) is 1. The molecule has 7 heteroatoms. The van der Waals surface area contributed by atoms with E-state index in [2.05, 4.69) is 15.1 Å². The van der Waals surface area contributed by atoms with E-state index in [0.717, 1.165) is 48.5 Å². The van der Waals surface area contributed by atoms with Crippen molar-refractivity contribution < 1.29 is 4.79 Å². The zero-order valence-electron chi connectivity index (χ0n) is 13.6. The summed E-state index contributed by atoms with van der Waals surface area (Å²) < 4.78 is 0.776. The Hall–Kier alpha value is -0.660. The second-order valence-corrected chi connectivity index (χ2v) is 8.21. The number of hydrogen-bond acceptors (Lipinski definition) is 5. The van der Waals surface area contributed by atoms with Gasteiger partial charge in [-0.15, -0.1) is 11.3 Å². The van der Waals surface area contributed by atoms with Crippen molar-refractivity contribution in [3.63, 3.8) is 0 Å². The van der Waals surface area contributed by atoms with Crippen LogP contribution in [0.1, 0.15) is 11.3 Å². The molecule has 1 unspecified atom stereocenters. The maximum Gasteiger partial charge on any atom is 0.236 e. The van der Waals surface area contributed by atoms with Crippen LogP contribution in [0.2, 0.25) is 4.34 Å². The topological polar surface area (TPSA) is 38.8 Å². The first-order valence-corrected chi connectivity index (χ1v) is 9.46. The number of carbonyl (C=O) groups is 1. The van der Waals surface area contributed by atoms with Crippen LogP contribution >= 0.6 is 22.9 Å². The number of thiophene rings is 1. The van der Waals surface area contributed by atoms with Crippen molar-refractivity contribution in [3.05, 3.63) is 21.3 Å². The molecule has 2 fully saturated rings. The zero-order valence-corrected chi connectivity index (χ0v) is 15.2. The summed E-state index contributed by atoms with van der Waals surface area (Å²) in [6.45, 7) is 7.54. The number of amides is 1. The number of carbonyl (C=O) groups excluding carboxylic acids is 1. The highest BCUT2D eigenvalue weighted by Crippen LogP contribution is 2.22. The van der Waals surface area contributed by atoms with E-state index >= 15 is 0 Å². The number of halogens is 1. The van der Waals surface area contributed by atoms with Crippen LogP contribution in [-0.4, -0.2) is 79.5 Å². The molecule has 1 aromatic heterocycles. The predicted molar refractivity (Wildman–Crippen MR) is 95.1 cm³/mol. The Bertz CT molecular complexity index is 524. The minimum Gasteiger partial charge on any atom is -0.340 e. The minimum atomic E-state index is 0.186. The molecule has 0 radical (unpaired) electrons. The van der Waals surface area contributed by atoms with Gasteiger partial charge in [0.1, 0.15) is 0 Å². The smallest absolute Gasteiger partial charge is 0.236 e. The molecular weight excluding hydrogens is 332 g/mol. The van der Waals surface area contributed by atoms with Crippen LogP contribution in [0.15, 0.2) is 12.1 Å². The van der Waals surface area contributed by atoms with Gasteiger partial charge in [0.05, 0.1) is 17.4 Å². The van der Waals surface area contributed by atoms with E-state index in [1.165, 1.54) is 17.8 Å². The quantitative estimate of drug-likeness (QED) is 0.864. The summed E-state index contributed by atoms with van der Waals surface area (Å²) >= 11 is 7.48. The minimum absolute atomic E-state index is 0.186. The number of nitrogens with zero attached hydrogens (tertiary/aromatic N) is 3. The zero-order chi connectivity index (χ0) is 16.2. The molecule has 2 aliphatic rings. The molecule has 0 aliphatic carbocycles. The molecule has 3 rings (SSSR count). The molecule has 2 aliphatic heterocycles. The third-order valence-corrected chi connectivity index (χ3v) is 5.98. The van der Waals surface area contributed by atoms with Crippen LogP contribution in [0.4, 0.5) is 0 Å². The highest BCUT2D eigenvalue weighted by molar-refractivity contribution is 7.16. The summed E-state index contributed by atoms with van der Waals surface area (Å²) in [5.41, 5.74) is 0.